The van der Waals surface area contributed by atoms with E-state index < -0.39 is 6.09 Å². The van der Waals surface area contributed by atoms with Crippen LogP contribution in [0.1, 0.15) is 26.2 Å². The number of hydrogen-bond donors (Lipinski definition) is 1. The van der Waals surface area contributed by atoms with Crippen LogP contribution in [0.5, 0.6) is 0 Å². The van der Waals surface area contributed by atoms with Crippen molar-refractivity contribution in [3.05, 3.63) is 0 Å². The number of carboxylic acid groups (broad SMARTS) is 1. The minimum absolute atomic E-state index is 0.0774. The van der Waals surface area contributed by atoms with Gasteiger partial charge in [-0.2, -0.15) is 0 Å². The third-order valence-corrected chi connectivity index (χ3v) is 3.02. The van der Waals surface area contributed by atoms with Gasteiger partial charge in [0.2, 0.25) is 0 Å². The molecule has 1 amide bonds. The molecule has 0 aromatic rings. The smallest absolute Gasteiger partial charge is 0.407 e. The highest BCUT2D eigenvalue weighted by Crippen LogP contribution is 2.28. The van der Waals surface area contributed by atoms with Crippen molar-refractivity contribution in [2.24, 2.45) is 0 Å². The molecule has 1 fully saturated rings. The maximum Gasteiger partial charge on any atom is 0.407 e. The maximum atomic E-state index is 10.6. The van der Waals surface area contributed by atoms with Gasteiger partial charge in [0.25, 0.3) is 0 Å². The Labute approximate surface area is 78.5 Å². The molecule has 76 valence electrons. The van der Waals surface area contributed by atoms with E-state index in [4.69, 9.17) is 9.84 Å². The second-order valence-electron chi connectivity index (χ2n) is 3.51. The molecule has 1 aliphatic rings. The second-order valence-corrected chi connectivity index (χ2v) is 3.51. The number of carbonyl (C=O) groups is 1. The summed E-state index contributed by atoms with van der Waals surface area (Å²) in [6.07, 6.45) is 1.76. The summed E-state index contributed by atoms with van der Waals surface area (Å²) < 4.78 is 5.44. The Balaban J connectivity index is 2.50. The average Bonchev–Trinajstić information content (AvgIpc) is 2.18. The molecule has 0 saturated carbocycles. The number of amides is 1. The summed E-state index contributed by atoms with van der Waals surface area (Å²) in [5.74, 6) is 0. The summed E-state index contributed by atoms with van der Waals surface area (Å²) in [5.41, 5.74) is -0.0774. The number of nitrogens with zero attached hydrogens (tertiary/aromatic N) is 1. The van der Waals surface area contributed by atoms with Crippen LogP contribution in [0.3, 0.4) is 0 Å². The molecule has 0 bridgehead atoms. The zero-order chi connectivity index (χ0) is 9.90. The quantitative estimate of drug-likeness (QED) is 0.713. The Bertz CT molecular complexity index is 179. The lowest BCUT2D eigenvalue weighted by molar-refractivity contribution is -0.0553. The van der Waals surface area contributed by atoms with E-state index in [-0.39, 0.29) is 5.60 Å². The fourth-order valence-corrected chi connectivity index (χ4v) is 1.81. The highest BCUT2D eigenvalue weighted by Gasteiger charge is 2.34. The molecule has 0 aromatic carbocycles. The van der Waals surface area contributed by atoms with Crippen molar-refractivity contribution in [1.82, 2.24) is 4.90 Å². The number of piperidine rings is 1. The van der Waals surface area contributed by atoms with Gasteiger partial charge in [-0.15, -0.1) is 0 Å². The van der Waals surface area contributed by atoms with Crippen molar-refractivity contribution >= 4 is 6.09 Å². The molecule has 1 rings (SSSR count). The maximum absolute atomic E-state index is 10.6. The number of hydrogen-bond acceptors (Lipinski definition) is 2. The van der Waals surface area contributed by atoms with E-state index in [1.807, 2.05) is 0 Å². The van der Waals surface area contributed by atoms with Gasteiger partial charge >= 0.3 is 6.09 Å². The SMILES string of the molecule is CCC1(OC)CCN(C(=O)O)CC1. The third kappa shape index (κ3) is 2.12. The molecule has 13 heavy (non-hydrogen) atoms. The number of rotatable bonds is 2. The van der Waals surface area contributed by atoms with E-state index in [2.05, 4.69) is 6.92 Å². The first-order valence-corrected chi connectivity index (χ1v) is 4.66. The Morgan fingerprint density at radius 2 is 2.08 bits per heavy atom. The Morgan fingerprint density at radius 3 is 2.38 bits per heavy atom. The predicted octanol–water partition coefficient (Wildman–Crippen LogP) is 1.56. The van der Waals surface area contributed by atoms with Gasteiger partial charge in [-0.1, -0.05) is 6.92 Å². The lowest BCUT2D eigenvalue weighted by Crippen LogP contribution is -2.46. The normalized spacial score (nSPS) is 21.5. The molecule has 0 atom stereocenters. The van der Waals surface area contributed by atoms with Gasteiger partial charge in [-0.05, 0) is 19.3 Å². The first-order valence-electron chi connectivity index (χ1n) is 4.66. The van der Waals surface area contributed by atoms with Crippen LogP contribution in [0.4, 0.5) is 4.79 Å². The lowest BCUT2D eigenvalue weighted by Gasteiger charge is -2.39. The molecule has 4 nitrogen and oxygen atoms in total. The molecule has 1 N–H and O–H groups in total. The summed E-state index contributed by atoms with van der Waals surface area (Å²) in [5, 5.41) is 8.74. The summed E-state index contributed by atoms with van der Waals surface area (Å²) in [6.45, 7) is 3.27. The van der Waals surface area contributed by atoms with Crippen LogP contribution < -0.4 is 0 Å². The highest BCUT2D eigenvalue weighted by molar-refractivity contribution is 5.65. The zero-order valence-electron chi connectivity index (χ0n) is 8.25. The highest BCUT2D eigenvalue weighted by atomic mass is 16.5. The summed E-state index contributed by atoms with van der Waals surface area (Å²) in [7, 11) is 1.71. The largest absolute Gasteiger partial charge is 0.465 e. The van der Waals surface area contributed by atoms with Crippen molar-refractivity contribution in [1.29, 1.82) is 0 Å². The van der Waals surface area contributed by atoms with Crippen LogP contribution in [-0.4, -0.2) is 41.9 Å². The third-order valence-electron chi connectivity index (χ3n) is 3.02. The van der Waals surface area contributed by atoms with E-state index >= 15 is 0 Å². The molecule has 4 heteroatoms. The number of methoxy groups -OCH3 is 1. The minimum Gasteiger partial charge on any atom is -0.465 e. The zero-order valence-corrected chi connectivity index (χ0v) is 8.25. The van der Waals surface area contributed by atoms with Gasteiger partial charge < -0.3 is 14.7 Å². The molecule has 0 radical (unpaired) electrons. The molecule has 1 aliphatic heterocycles. The van der Waals surface area contributed by atoms with E-state index in [0.717, 1.165) is 19.3 Å². The van der Waals surface area contributed by atoms with Crippen LogP contribution in [0.15, 0.2) is 0 Å². The topological polar surface area (TPSA) is 49.8 Å². The Kier molecular flexibility index (Phi) is 3.14. The van der Waals surface area contributed by atoms with Crippen molar-refractivity contribution in [2.45, 2.75) is 31.8 Å². The van der Waals surface area contributed by atoms with E-state index in [1.165, 1.54) is 4.90 Å². The average molecular weight is 187 g/mol. The summed E-state index contributed by atoms with van der Waals surface area (Å²) in [4.78, 5) is 12.1. The second kappa shape index (κ2) is 3.96. The fraction of sp³-hybridized carbons (Fsp3) is 0.889. The van der Waals surface area contributed by atoms with E-state index in [1.54, 1.807) is 7.11 Å². The molecule has 0 unspecified atom stereocenters. The standard InChI is InChI=1S/C9H17NO3/c1-3-9(13-2)4-6-10(7-5-9)8(11)12/h3-7H2,1-2H3,(H,11,12). The predicted molar refractivity (Wildman–Crippen MR) is 48.9 cm³/mol. The van der Waals surface area contributed by atoms with Gasteiger partial charge in [-0.25, -0.2) is 4.79 Å². The van der Waals surface area contributed by atoms with Crippen LogP contribution in [0.2, 0.25) is 0 Å². The van der Waals surface area contributed by atoms with Crippen molar-refractivity contribution in [2.75, 3.05) is 20.2 Å². The van der Waals surface area contributed by atoms with Crippen molar-refractivity contribution in [3.8, 4) is 0 Å². The fourth-order valence-electron chi connectivity index (χ4n) is 1.81. The van der Waals surface area contributed by atoms with E-state index in [9.17, 15) is 4.79 Å². The van der Waals surface area contributed by atoms with Crippen molar-refractivity contribution in [3.63, 3.8) is 0 Å². The van der Waals surface area contributed by atoms with Crippen LogP contribution in [0.25, 0.3) is 0 Å². The van der Waals surface area contributed by atoms with Gasteiger partial charge in [0.15, 0.2) is 0 Å². The van der Waals surface area contributed by atoms with Crippen LogP contribution in [-0.2, 0) is 4.74 Å². The van der Waals surface area contributed by atoms with Crippen LogP contribution in [0, 0.1) is 0 Å². The molecular weight excluding hydrogens is 170 g/mol. The lowest BCUT2D eigenvalue weighted by atomic mass is 9.89. The van der Waals surface area contributed by atoms with Gasteiger partial charge in [0.05, 0.1) is 5.60 Å². The Morgan fingerprint density at radius 1 is 1.54 bits per heavy atom. The van der Waals surface area contributed by atoms with Crippen LogP contribution >= 0.6 is 0 Å². The number of likely N-dealkylation sites (tertiary alicyclic amines) is 1. The molecule has 1 heterocycles. The van der Waals surface area contributed by atoms with Gasteiger partial charge in [-0.3, -0.25) is 0 Å². The Hall–Kier alpha value is -0.770. The minimum atomic E-state index is -0.819. The first-order chi connectivity index (χ1) is 6.13. The molecule has 0 spiro atoms. The van der Waals surface area contributed by atoms with Gasteiger partial charge in [0, 0.05) is 20.2 Å². The molecular formula is C9H17NO3. The summed E-state index contributed by atoms with van der Waals surface area (Å²) in [6, 6.07) is 0. The van der Waals surface area contributed by atoms with Crippen molar-refractivity contribution < 1.29 is 14.6 Å². The monoisotopic (exact) mass is 187 g/mol. The molecule has 1 saturated heterocycles. The number of ether oxygens (including phenoxy) is 1. The first kappa shape index (κ1) is 10.3. The van der Waals surface area contributed by atoms with Gasteiger partial charge in [0.1, 0.15) is 0 Å². The van der Waals surface area contributed by atoms with E-state index in [0.29, 0.717) is 13.1 Å². The molecule has 0 aromatic heterocycles. The molecule has 0 aliphatic carbocycles. The summed E-state index contributed by atoms with van der Waals surface area (Å²) >= 11 is 0.